The number of aliphatic hydroxyl groups excluding tert-OH is 1. The monoisotopic (exact) mass is 297 g/mol. The van der Waals surface area contributed by atoms with E-state index in [0.29, 0.717) is 5.56 Å². The van der Waals surface area contributed by atoms with Gasteiger partial charge in [0, 0.05) is 25.8 Å². The maximum absolute atomic E-state index is 11.8. The fraction of sp³-hybridized carbons (Fsp3) is 0.294. The van der Waals surface area contributed by atoms with Crippen LogP contribution in [0.5, 0.6) is 0 Å². The van der Waals surface area contributed by atoms with E-state index < -0.39 is 0 Å². The lowest BCUT2D eigenvalue weighted by molar-refractivity contribution is 0.0944. The van der Waals surface area contributed by atoms with Gasteiger partial charge in [-0.15, -0.1) is 0 Å². The van der Waals surface area contributed by atoms with Crippen LogP contribution in [0.4, 0.5) is 5.82 Å². The molecule has 0 saturated carbocycles. The first kappa shape index (κ1) is 14.5. The van der Waals surface area contributed by atoms with E-state index in [0.717, 1.165) is 25.3 Å². The average molecular weight is 297 g/mol. The number of anilines is 1. The number of nitrogens with one attached hydrogen (secondary N) is 1. The molecule has 5 heteroatoms. The second-order valence-electron chi connectivity index (χ2n) is 5.32. The smallest absolute Gasteiger partial charge is 0.252 e. The minimum Gasteiger partial charge on any atom is -0.395 e. The lowest BCUT2D eigenvalue weighted by Gasteiger charge is -2.29. The van der Waals surface area contributed by atoms with Gasteiger partial charge in [-0.25, -0.2) is 4.98 Å². The number of aromatic nitrogens is 1. The van der Waals surface area contributed by atoms with E-state index in [1.54, 1.807) is 12.3 Å². The van der Waals surface area contributed by atoms with E-state index in [-0.39, 0.29) is 19.1 Å². The van der Waals surface area contributed by atoms with E-state index in [9.17, 15) is 4.79 Å². The zero-order valence-corrected chi connectivity index (χ0v) is 12.3. The van der Waals surface area contributed by atoms with Crippen molar-refractivity contribution in [1.82, 2.24) is 10.3 Å². The number of carbonyl (C=O) groups is 1. The summed E-state index contributed by atoms with van der Waals surface area (Å²) in [5.41, 5.74) is 3.24. The lowest BCUT2D eigenvalue weighted by atomic mass is 10.00. The second-order valence-corrected chi connectivity index (χ2v) is 5.32. The predicted octanol–water partition coefficient (Wildman–Crippen LogP) is 1.37. The van der Waals surface area contributed by atoms with Crippen molar-refractivity contribution in [1.29, 1.82) is 0 Å². The first-order chi connectivity index (χ1) is 10.8. The summed E-state index contributed by atoms with van der Waals surface area (Å²) in [6.45, 7) is 1.97. The topological polar surface area (TPSA) is 65.5 Å². The maximum Gasteiger partial charge on any atom is 0.252 e. The average Bonchev–Trinajstić information content (AvgIpc) is 2.59. The number of amides is 1. The molecule has 22 heavy (non-hydrogen) atoms. The molecule has 1 aromatic heterocycles. The molecule has 0 atom stereocenters. The molecule has 114 valence electrons. The molecule has 0 saturated heterocycles. The third kappa shape index (κ3) is 3.09. The van der Waals surface area contributed by atoms with Gasteiger partial charge in [0.05, 0.1) is 12.2 Å². The van der Waals surface area contributed by atoms with E-state index in [4.69, 9.17) is 5.11 Å². The highest BCUT2D eigenvalue weighted by Gasteiger charge is 2.17. The SMILES string of the molecule is O=C(NCCO)c1ccc(N2CCc3ccccc3C2)nc1. The number of rotatable bonds is 4. The van der Waals surface area contributed by atoms with Gasteiger partial charge >= 0.3 is 0 Å². The van der Waals surface area contributed by atoms with E-state index >= 15 is 0 Å². The maximum atomic E-state index is 11.8. The number of carbonyl (C=O) groups excluding carboxylic acids is 1. The summed E-state index contributed by atoms with van der Waals surface area (Å²) >= 11 is 0. The number of hydrogen-bond acceptors (Lipinski definition) is 4. The Hall–Kier alpha value is -2.40. The van der Waals surface area contributed by atoms with Crippen LogP contribution in [0, 0.1) is 0 Å². The Kier molecular flexibility index (Phi) is 4.34. The third-order valence-corrected chi connectivity index (χ3v) is 3.86. The Balaban J connectivity index is 1.70. The van der Waals surface area contributed by atoms with Crippen molar-refractivity contribution in [2.45, 2.75) is 13.0 Å². The van der Waals surface area contributed by atoms with Crippen LogP contribution in [0.15, 0.2) is 42.6 Å². The fourth-order valence-electron chi connectivity index (χ4n) is 2.67. The standard InChI is InChI=1S/C17H19N3O2/c21-10-8-18-17(22)14-5-6-16(19-11-14)20-9-7-13-3-1-2-4-15(13)12-20/h1-6,11,21H,7-10,12H2,(H,18,22). The zero-order chi connectivity index (χ0) is 15.4. The van der Waals surface area contributed by atoms with Gasteiger partial charge in [0.15, 0.2) is 0 Å². The third-order valence-electron chi connectivity index (χ3n) is 3.86. The molecule has 1 aliphatic rings. The van der Waals surface area contributed by atoms with Gasteiger partial charge in [-0.1, -0.05) is 24.3 Å². The van der Waals surface area contributed by atoms with Crippen LogP contribution in [0.3, 0.4) is 0 Å². The summed E-state index contributed by atoms with van der Waals surface area (Å²) in [5.74, 6) is 0.672. The molecule has 3 rings (SSSR count). The predicted molar refractivity (Wildman–Crippen MR) is 84.9 cm³/mol. The molecule has 1 amide bonds. The molecule has 0 bridgehead atoms. The van der Waals surface area contributed by atoms with Crippen molar-refractivity contribution in [2.75, 3.05) is 24.6 Å². The molecule has 0 spiro atoms. The summed E-state index contributed by atoms with van der Waals surface area (Å²) in [6.07, 6.45) is 2.60. The van der Waals surface area contributed by atoms with Crippen molar-refractivity contribution < 1.29 is 9.90 Å². The molecule has 2 heterocycles. The molecule has 0 radical (unpaired) electrons. The Morgan fingerprint density at radius 2 is 2.05 bits per heavy atom. The number of benzene rings is 1. The van der Waals surface area contributed by atoms with Crippen LogP contribution in [0.1, 0.15) is 21.5 Å². The van der Waals surface area contributed by atoms with Crippen molar-refractivity contribution in [3.63, 3.8) is 0 Å². The normalized spacial score (nSPS) is 13.6. The largest absolute Gasteiger partial charge is 0.395 e. The number of aliphatic hydroxyl groups is 1. The highest BCUT2D eigenvalue weighted by atomic mass is 16.3. The zero-order valence-electron chi connectivity index (χ0n) is 12.3. The van der Waals surface area contributed by atoms with Crippen LogP contribution >= 0.6 is 0 Å². The van der Waals surface area contributed by atoms with E-state index in [1.165, 1.54) is 11.1 Å². The molecule has 5 nitrogen and oxygen atoms in total. The van der Waals surface area contributed by atoms with Crippen LogP contribution < -0.4 is 10.2 Å². The first-order valence-electron chi connectivity index (χ1n) is 7.45. The molecule has 2 aromatic rings. The van der Waals surface area contributed by atoms with Crippen LogP contribution in [0.25, 0.3) is 0 Å². The summed E-state index contributed by atoms with van der Waals surface area (Å²) in [7, 11) is 0. The fourth-order valence-corrected chi connectivity index (χ4v) is 2.67. The molecule has 0 unspecified atom stereocenters. The summed E-state index contributed by atoms with van der Waals surface area (Å²) in [6, 6.07) is 12.1. The Morgan fingerprint density at radius 1 is 1.23 bits per heavy atom. The molecule has 1 aliphatic heterocycles. The summed E-state index contributed by atoms with van der Waals surface area (Å²) in [4.78, 5) is 18.4. The van der Waals surface area contributed by atoms with Gasteiger partial charge in [0.1, 0.15) is 5.82 Å². The van der Waals surface area contributed by atoms with Crippen LogP contribution in [-0.2, 0) is 13.0 Å². The number of pyridine rings is 1. The van der Waals surface area contributed by atoms with Gasteiger partial charge in [-0.3, -0.25) is 4.79 Å². The highest BCUT2D eigenvalue weighted by molar-refractivity contribution is 5.94. The molecular weight excluding hydrogens is 278 g/mol. The molecule has 0 aliphatic carbocycles. The van der Waals surface area contributed by atoms with Gasteiger partial charge in [-0.2, -0.15) is 0 Å². The van der Waals surface area contributed by atoms with Gasteiger partial charge in [-0.05, 0) is 29.7 Å². The summed E-state index contributed by atoms with van der Waals surface area (Å²) in [5, 5.41) is 11.3. The van der Waals surface area contributed by atoms with E-state index in [2.05, 4.69) is 39.5 Å². The van der Waals surface area contributed by atoms with Crippen molar-refractivity contribution in [3.8, 4) is 0 Å². The Bertz CT molecular complexity index is 655. The quantitative estimate of drug-likeness (QED) is 0.894. The summed E-state index contributed by atoms with van der Waals surface area (Å²) < 4.78 is 0. The van der Waals surface area contributed by atoms with Crippen molar-refractivity contribution >= 4 is 11.7 Å². The van der Waals surface area contributed by atoms with Gasteiger partial charge < -0.3 is 15.3 Å². The molecule has 2 N–H and O–H groups in total. The second kappa shape index (κ2) is 6.58. The minimum atomic E-state index is -0.211. The minimum absolute atomic E-state index is 0.0650. The van der Waals surface area contributed by atoms with Gasteiger partial charge in [0.2, 0.25) is 0 Å². The van der Waals surface area contributed by atoms with E-state index in [1.807, 2.05) is 6.07 Å². The number of fused-ring (bicyclic) bond motifs is 1. The Morgan fingerprint density at radius 3 is 2.77 bits per heavy atom. The lowest BCUT2D eigenvalue weighted by Crippen LogP contribution is -2.31. The van der Waals surface area contributed by atoms with Crippen molar-refractivity contribution in [2.24, 2.45) is 0 Å². The molecule has 1 aromatic carbocycles. The molecular formula is C17H19N3O2. The van der Waals surface area contributed by atoms with Crippen LogP contribution in [-0.4, -0.2) is 35.7 Å². The number of nitrogens with zero attached hydrogens (tertiary/aromatic N) is 2. The molecule has 0 fully saturated rings. The first-order valence-corrected chi connectivity index (χ1v) is 7.45. The van der Waals surface area contributed by atoms with Gasteiger partial charge in [0.25, 0.3) is 5.91 Å². The van der Waals surface area contributed by atoms with Crippen LogP contribution in [0.2, 0.25) is 0 Å². The van der Waals surface area contributed by atoms with Crippen molar-refractivity contribution in [3.05, 3.63) is 59.3 Å². The highest BCUT2D eigenvalue weighted by Crippen LogP contribution is 2.22. The number of hydrogen-bond donors (Lipinski definition) is 2. The Labute approximate surface area is 129 Å².